The van der Waals surface area contributed by atoms with Gasteiger partial charge >= 0.3 is 0 Å². The molecule has 0 spiro atoms. The van der Waals surface area contributed by atoms with Crippen LogP contribution in [0.25, 0.3) is 0 Å². The fourth-order valence-corrected chi connectivity index (χ4v) is 2.00. The lowest BCUT2D eigenvalue weighted by atomic mass is 10.2. The molecule has 1 aliphatic heterocycles. The van der Waals surface area contributed by atoms with Crippen molar-refractivity contribution in [1.29, 1.82) is 0 Å². The molecule has 2 aromatic heterocycles. The zero-order valence-corrected chi connectivity index (χ0v) is 9.85. The molecule has 0 aliphatic carbocycles. The number of anilines is 2. The van der Waals surface area contributed by atoms with E-state index in [2.05, 4.69) is 26.7 Å². The van der Waals surface area contributed by atoms with E-state index in [-0.39, 0.29) is 5.75 Å². The van der Waals surface area contributed by atoms with Crippen LogP contribution in [0.1, 0.15) is 11.3 Å². The van der Waals surface area contributed by atoms with Crippen molar-refractivity contribution in [2.45, 2.75) is 13.0 Å². The maximum atomic E-state index is 9.59. The molecule has 1 aliphatic rings. The van der Waals surface area contributed by atoms with Gasteiger partial charge < -0.3 is 15.7 Å². The molecule has 0 radical (unpaired) electrons. The van der Waals surface area contributed by atoms with Gasteiger partial charge in [-0.2, -0.15) is 0 Å². The fraction of sp³-hybridized carbons (Fsp3) is 0.231. The molecule has 18 heavy (non-hydrogen) atoms. The Kier molecular flexibility index (Phi) is 2.72. The molecule has 3 N–H and O–H groups in total. The van der Waals surface area contributed by atoms with E-state index in [9.17, 15) is 5.11 Å². The van der Waals surface area contributed by atoms with Gasteiger partial charge in [0.1, 0.15) is 5.82 Å². The van der Waals surface area contributed by atoms with Crippen LogP contribution < -0.4 is 10.6 Å². The molecule has 0 saturated carbocycles. The van der Waals surface area contributed by atoms with Crippen LogP contribution in [0.4, 0.5) is 11.6 Å². The molecular weight excluding hydrogens is 228 g/mol. The van der Waals surface area contributed by atoms with Crippen molar-refractivity contribution in [2.75, 3.05) is 17.2 Å². The fourth-order valence-electron chi connectivity index (χ4n) is 2.00. The van der Waals surface area contributed by atoms with Gasteiger partial charge in [0.15, 0.2) is 11.6 Å². The van der Waals surface area contributed by atoms with Gasteiger partial charge in [0.25, 0.3) is 0 Å². The molecule has 2 aromatic rings. The summed E-state index contributed by atoms with van der Waals surface area (Å²) in [6.45, 7) is 1.50. The Hall–Kier alpha value is -2.30. The molecule has 0 aromatic carbocycles. The van der Waals surface area contributed by atoms with E-state index in [4.69, 9.17) is 0 Å². The largest absolute Gasteiger partial charge is 0.504 e. The van der Waals surface area contributed by atoms with E-state index in [1.807, 2.05) is 6.07 Å². The highest BCUT2D eigenvalue weighted by Gasteiger charge is 2.11. The van der Waals surface area contributed by atoms with Crippen LogP contribution in [0.2, 0.25) is 0 Å². The maximum Gasteiger partial charge on any atom is 0.168 e. The average Bonchev–Trinajstić information content (AvgIpc) is 2.85. The molecule has 0 fully saturated rings. The molecule has 5 nitrogen and oxygen atoms in total. The summed E-state index contributed by atoms with van der Waals surface area (Å²) in [5.41, 5.74) is 2.19. The van der Waals surface area contributed by atoms with E-state index in [0.29, 0.717) is 12.4 Å². The van der Waals surface area contributed by atoms with Crippen LogP contribution in [0.5, 0.6) is 5.75 Å². The number of fused-ring (bicyclic) bond motifs is 1. The summed E-state index contributed by atoms with van der Waals surface area (Å²) in [5, 5.41) is 15.9. The second-order valence-electron chi connectivity index (χ2n) is 4.21. The quantitative estimate of drug-likeness (QED) is 0.765. The van der Waals surface area contributed by atoms with Gasteiger partial charge in [-0.25, -0.2) is 9.97 Å². The van der Waals surface area contributed by atoms with Crippen LogP contribution in [0.3, 0.4) is 0 Å². The van der Waals surface area contributed by atoms with E-state index >= 15 is 0 Å². The monoisotopic (exact) mass is 242 g/mol. The van der Waals surface area contributed by atoms with Crippen molar-refractivity contribution in [1.82, 2.24) is 9.97 Å². The van der Waals surface area contributed by atoms with Crippen molar-refractivity contribution in [3.8, 4) is 5.75 Å². The topological polar surface area (TPSA) is 70.1 Å². The van der Waals surface area contributed by atoms with Gasteiger partial charge in [-0.15, -0.1) is 0 Å². The van der Waals surface area contributed by atoms with E-state index in [0.717, 1.165) is 24.5 Å². The molecule has 0 atom stereocenters. The SMILES string of the molecule is Oc1cccnc1NCc1ccc2c(n1)NCC2. The predicted molar refractivity (Wildman–Crippen MR) is 69.7 cm³/mol. The maximum absolute atomic E-state index is 9.59. The molecule has 5 heteroatoms. The van der Waals surface area contributed by atoms with E-state index in [1.165, 1.54) is 5.56 Å². The molecule has 0 amide bonds. The minimum atomic E-state index is 0.150. The first-order chi connectivity index (χ1) is 8.83. The molecule has 3 rings (SSSR count). The average molecular weight is 242 g/mol. The van der Waals surface area contributed by atoms with Crippen LogP contribution in [0.15, 0.2) is 30.5 Å². The molecule has 0 unspecified atom stereocenters. The van der Waals surface area contributed by atoms with Gasteiger partial charge in [-0.1, -0.05) is 6.07 Å². The lowest BCUT2D eigenvalue weighted by Gasteiger charge is -2.07. The zero-order chi connectivity index (χ0) is 12.4. The number of pyridine rings is 2. The Bertz CT molecular complexity index is 571. The summed E-state index contributed by atoms with van der Waals surface area (Å²) >= 11 is 0. The Morgan fingerprint density at radius 1 is 1.33 bits per heavy atom. The Morgan fingerprint density at radius 3 is 3.17 bits per heavy atom. The number of nitrogens with zero attached hydrogens (tertiary/aromatic N) is 2. The molecule has 3 heterocycles. The highest BCUT2D eigenvalue weighted by atomic mass is 16.3. The number of nitrogens with one attached hydrogen (secondary N) is 2. The minimum absolute atomic E-state index is 0.150. The van der Waals surface area contributed by atoms with Crippen molar-refractivity contribution < 1.29 is 5.11 Å². The summed E-state index contributed by atoms with van der Waals surface area (Å²) in [7, 11) is 0. The van der Waals surface area contributed by atoms with Crippen LogP contribution in [-0.4, -0.2) is 21.6 Å². The van der Waals surface area contributed by atoms with Gasteiger partial charge in [0.05, 0.1) is 12.2 Å². The number of aromatic nitrogens is 2. The standard InChI is InChI=1S/C13H14N4O/c18-11-2-1-6-14-13(11)16-8-10-4-3-9-5-7-15-12(9)17-10/h1-4,6,18H,5,7-8H2,(H,14,16)(H,15,17). The van der Waals surface area contributed by atoms with Crippen LogP contribution in [0, 0.1) is 0 Å². The van der Waals surface area contributed by atoms with E-state index < -0.39 is 0 Å². The number of rotatable bonds is 3. The summed E-state index contributed by atoms with van der Waals surface area (Å²) in [6.07, 6.45) is 2.68. The predicted octanol–water partition coefficient (Wildman–Crippen LogP) is 1.76. The lowest BCUT2D eigenvalue weighted by molar-refractivity contribution is 0.475. The van der Waals surface area contributed by atoms with Gasteiger partial charge in [-0.05, 0) is 30.2 Å². The summed E-state index contributed by atoms with van der Waals surface area (Å²) < 4.78 is 0. The Labute approximate surface area is 105 Å². The van der Waals surface area contributed by atoms with Crippen molar-refractivity contribution in [2.24, 2.45) is 0 Å². The van der Waals surface area contributed by atoms with Gasteiger partial charge in [-0.3, -0.25) is 0 Å². The zero-order valence-electron chi connectivity index (χ0n) is 9.85. The molecule has 92 valence electrons. The first-order valence-corrected chi connectivity index (χ1v) is 5.93. The Balaban J connectivity index is 1.72. The van der Waals surface area contributed by atoms with Crippen LogP contribution >= 0.6 is 0 Å². The van der Waals surface area contributed by atoms with E-state index in [1.54, 1.807) is 18.3 Å². The first kappa shape index (κ1) is 10.8. The summed E-state index contributed by atoms with van der Waals surface area (Å²) in [6, 6.07) is 7.39. The lowest BCUT2D eigenvalue weighted by Crippen LogP contribution is -2.04. The highest BCUT2D eigenvalue weighted by Crippen LogP contribution is 2.21. The van der Waals surface area contributed by atoms with Crippen molar-refractivity contribution in [3.05, 3.63) is 41.7 Å². The van der Waals surface area contributed by atoms with Gasteiger partial charge in [0, 0.05) is 12.7 Å². The third-order valence-electron chi connectivity index (χ3n) is 2.95. The third-order valence-corrected chi connectivity index (χ3v) is 2.95. The Morgan fingerprint density at radius 2 is 2.28 bits per heavy atom. The highest BCUT2D eigenvalue weighted by molar-refractivity contribution is 5.51. The summed E-state index contributed by atoms with van der Waals surface area (Å²) in [5.74, 6) is 1.60. The van der Waals surface area contributed by atoms with Crippen molar-refractivity contribution in [3.63, 3.8) is 0 Å². The normalized spacial score (nSPS) is 12.9. The molecular formula is C13H14N4O. The number of hydrogen-bond acceptors (Lipinski definition) is 5. The minimum Gasteiger partial charge on any atom is -0.504 e. The van der Waals surface area contributed by atoms with Crippen molar-refractivity contribution >= 4 is 11.6 Å². The number of hydrogen-bond donors (Lipinski definition) is 3. The third kappa shape index (κ3) is 2.07. The second kappa shape index (κ2) is 4.52. The molecule has 0 saturated heterocycles. The molecule has 0 bridgehead atoms. The summed E-state index contributed by atoms with van der Waals surface area (Å²) in [4.78, 5) is 8.58. The van der Waals surface area contributed by atoms with Gasteiger partial charge in [0.2, 0.25) is 0 Å². The smallest absolute Gasteiger partial charge is 0.168 e. The van der Waals surface area contributed by atoms with Crippen LogP contribution in [-0.2, 0) is 13.0 Å². The first-order valence-electron chi connectivity index (χ1n) is 5.93. The second-order valence-corrected chi connectivity index (χ2v) is 4.21. The number of aromatic hydroxyl groups is 1.